The van der Waals surface area contributed by atoms with Crippen molar-refractivity contribution in [1.82, 2.24) is 0 Å². The topological polar surface area (TPSA) is 93.7 Å². The Morgan fingerprint density at radius 3 is 2.33 bits per heavy atom. The van der Waals surface area contributed by atoms with Crippen LogP contribution in [0.3, 0.4) is 0 Å². The maximum Gasteiger partial charge on any atom is 0.204 e. The van der Waals surface area contributed by atoms with Crippen LogP contribution < -0.4 is 0 Å². The molecule has 12 heavy (non-hydrogen) atoms. The number of hydrogen-bond acceptors (Lipinski definition) is 5. The van der Waals surface area contributed by atoms with Gasteiger partial charge in [0.25, 0.3) is 0 Å². The van der Waals surface area contributed by atoms with E-state index in [-0.39, 0.29) is 0 Å². The van der Waals surface area contributed by atoms with E-state index in [1.165, 1.54) is 7.85 Å². The zero-order valence-electron chi connectivity index (χ0n) is 6.64. The van der Waals surface area contributed by atoms with Crippen molar-refractivity contribution in [3.63, 3.8) is 0 Å². The molecule has 3 N–H and O–H groups in total. The first-order chi connectivity index (χ1) is 5.57. The molecule has 5 nitrogen and oxygen atoms in total. The molecule has 1 aliphatic rings. The average Bonchev–Trinajstić information content (AvgIpc) is 2.30. The van der Waals surface area contributed by atoms with Crippen LogP contribution in [0.1, 0.15) is 0 Å². The number of hydrogen-bond donors (Lipinski definition) is 3. The lowest BCUT2D eigenvalue weighted by molar-refractivity contribution is -0.0600. The van der Waals surface area contributed by atoms with Gasteiger partial charge in [-0.1, -0.05) is 0 Å². The molecule has 0 saturated carbocycles. The smallest absolute Gasteiger partial charge is 0.204 e. The van der Waals surface area contributed by atoms with E-state index in [0.717, 1.165) is 0 Å². The quantitative estimate of drug-likeness (QED) is 0.364. The molecule has 0 aromatic heterocycles. The van der Waals surface area contributed by atoms with Gasteiger partial charge in [0, 0.05) is 0 Å². The summed E-state index contributed by atoms with van der Waals surface area (Å²) in [6.07, 6.45) is -2.46. The Labute approximate surface area is 70.6 Å². The van der Waals surface area contributed by atoms with E-state index in [4.69, 9.17) is 15.1 Å². The van der Waals surface area contributed by atoms with E-state index in [1.54, 1.807) is 6.07 Å². The van der Waals surface area contributed by atoms with Gasteiger partial charge in [-0.05, 0) is 0 Å². The van der Waals surface area contributed by atoms with Gasteiger partial charge in [-0.3, -0.25) is 0 Å². The molecule has 1 heterocycles. The first-order valence-corrected chi connectivity index (χ1v) is 3.63. The van der Waals surface area contributed by atoms with Crippen LogP contribution in [0, 0.1) is 11.3 Å². The molecule has 0 bridgehead atoms. The number of aliphatic hydroxyl groups excluding tert-OH is 3. The minimum atomic E-state index is -1.65. The van der Waals surface area contributed by atoms with Crippen LogP contribution in [0.2, 0.25) is 0 Å². The number of rotatable bonds is 1. The molecule has 0 aromatic rings. The lowest BCUT2D eigenvalue weighted by Gasteiger charge is -2.21. The summed E-state index contributed by atoms with van der Waals surface area (Å²) < 4.78 is 4.96. The highest BCUT2D eigenvalue weighted by Crippen LogP contribution is 2.28. The molecule has 1 fully saturated rings. The van der Waals surface area contributed by atoms with Gasteiger partial charge >= 0.3 is 0 Å². The van der Waals surface area contributed by atoms with Crippen LogP contribution in [-0.4, -0.2) is 53.6 Å². The summed E-state index contributed by atoms with van der Waals surface area (Å²) in [7, 11) is 1.53. The van der Waals surface area contributed by atoms with Crippen LogP contribution >= 0.6 is 0 Å². The largest absolute Gasteiger partial charge is 0.392 e. The second-order valence-electron chi connectivity index (χ2n) is 2.92. The summed E-state index contributed by atoms with van der Waals surface area (Å²) in [4.78, 5) is 0. The molecule has 0 unspecified atom stereocenters. The summed E-state index contributed by atoms with van der Waals surface area (Å²) in [5.41, 5.74) is -1.65. The summed E-state index contributed by atoms with van der Waals surface area (Å²) in [6.45, 7) is -0.619. The molecule has 0 aliphatic carbocycles. The van der Waals surface area contributed by atoms with E-state index < -0.39 is 30.4 Å². The van der Waals surface area contributed by atoms with E-state index in [9.17, 15) is 10.2 Å². The van der Waals surface area contributed by atoms with Crippen molar-refractivity contribution in [2.75, 3.05) is 6.61 Å². The number of nitriles is 1. The Morgan fingerprint density at radius 2 is 2.17 bits per heavy atom. The van der Waals surface area contributed by atoms with Crippen LogP contribution in [0.5, 0.6) is 0 Å². The number of nitrogens with zero attached hydrogens (tertiary/aromatic N) is 1. The van der Waals surface area contributed by atoms with Crippen LogP contribution in [0.15, 0.2) is 0 Å². The van der Waals surface area contributed by atoms with Crippen molar-refractivity contribution in [1.29, 1.82) is 5.26 Å². The fourth-order valence-corrected chi connectivity index (χ4v) is 1.26. The Morgan fingerprint density at radius 1 is 1.58 bits per heavy atom. The third-order valence-electron chi connectivity index (χ3n) is 2.10. The Bertz CT molecular complexity index is 218. The zero-order valence-corrected chi connectivity index (χ0v) is 6.64. The lowest BCUT2D eigenvalue weighted by atomic mass is 9.90. The van der Waals surface area contributed by atoms with Gasteiger partial charge in [-0.25, -0.2) is 0 Å². The van der Waals surface area contributed by atoms with Gasteiger partial charge < -0.3 is 20.1 Å². The molecule has 0 amide bonds. The second kappa shape index (κ2) is 3.03. The van der Waals surface area contributed by atoms with Gasteiger partial charge in [0.15, 0.2) is 0 Å². The third kappa shape index (κ3) is 1.11. The standard InChI is InChI=1S/C6H10BNO4/c7-5-3(10)4(11)6(1-8,2-9)12-5/h3-5,9-11H,2,7H2/t3-,4+,5-,6-/m1/s1. The minimum Gasteiger partial charge on any atom is -0.392 e. The predicted molar refractivity (Wildman–Crippen MR) is 40.9 cm³/mol. The highest BCUT2D eigenvalue weighted by atomic mass is 16.6. The SMILES string of the molecule is B[C@@H]1O[C@](C#N)(CO)[C@@H](O)[C@H]1O. The van der Waals surface area contributed by atoms with Crippen LogP contribution in [0.25, 0.3) is 0 Å². The molecule has 6 heteroatoms. The van der Waals surface area contributed by atoms with E-state index in [0.29, 0.717) is 0 Å². The molecular formula is C6H10BNO4. The molecule has 66 valence electrons. The monoisotopic (exact) mass is 171 g/mol. The van der Waals surface area contributed by atoms with Crippen molar-refractivity contribution < 1.29 is 20.1 Å². The maximum absolute atomic E-state index is 9.32. The first kappa shape index (κ1) is 9.48. The lowest BCUT2D eigenvalue weighted by Crippen LogP contribution is -2.45. The van der Waals surface area contributed by atoms with E-state index in [1.807, 2.05) is 0 Å². The van der Waals surface area contributed by atoms with E-state index >= 15 is 0 Å². The van der Waals surface area contributed by atoms with Gasteiger partial charge in [0.05, 0.1) is 12.6 Å². The Balaban J connectivity index is 2.89. The molecule has 1 rings (SSSR count). The second-order valence-corrected chi connectivity index (χ2v) is 2.92. The minimum absolute atomic E-state index is 0.619. The fourth-order valence-electron chi connectivity index (χ4n) is 1.26. The molecule has 4 atom stereocenters. The maximum atomic E-state index is 9.32. The Hall–Kier alpha value is -0.605. The Kier molecular flexibility index (Phi) is 2.40. The summed E-state index contributed by atoms with van der Waals surface area (Å²) in [5.74, 6) is 0. The van der Waals surface area contributed by atoms with Crippen molar-refractivity contribution in [2.24, 2.45) is 0 Å². The van der Waals surface area contributed by atoms with Crippen LogP contribution in [-0.2, 0) is 4.74 Å². The fraction of sp³-hybridized carbons (Fsp3) is 0.833. The van der Waals surface area contributed by atoms with Crippen molar-refractivity contribution in [3.8, 4) is 6.07 Å². The van der Waals surface area contributed by atoms with Gasteiger partial charge in [0.1, 0.15) is 26.1 Å². The molecule has 0 radical (unpaired) electrons. The molecule has 1 saturated heterocycles. The number of ether oxygens (including phenoxy) is 1. The molecular weight excluding hydrogens is 161 g/mol. The van der Waals surface area contributed by atoms with E-state index in [2.05, 4.69) is 0 Å². The zero-order chi connectivity index (χ0) is 9.35. The predicted octanol–water partition coefficient (Wildman–Crippen LogP) is -3.05. The molecule has 0 aromatic carbocycles. The summed E-state index contributed by atoms with van der Waals surface area (Å²) >= 11 is 0. The normalized spacial score (nSPS) is 47.3. The van der Waals surface area contributed by atoms with Gasteiger partial charge in [-0.15, -0.1) is 0 Å². The highest BCUT2D eigenvalue weighted by Gasteiger charge is 2.52. The first-order valence-electron chi connectivity index (χ1n) is 3.63. The van der Waals surface area contributed by atoms with Crippen molar-refractivity contribution in [2.45, 2.75) is 23.8 Å². The number of aliphatic hydroxyl groups is 3. The van der Waals surface area contributed by atoms with Gasteiger partial charge in [0.2, 0.25) is 5.60 Å². The third-order valence-corrected chi connectivity index (χ3v) is 2.10. The average molecular weight is 171 g/mol. The summed E-state index contributed by atoms with van der Waals surface area (Å²) in [6, 6.07) is 1.02. The van der Waals surface area contributed by atoms with Crippen molar-refractivity contribution in [3.05, 3.63) is 0 Å². The summed E-state index contributed by atoms with van der Waals surface area (Å²) in [5, 5.41) is 36.0. The molecule has 0 spiro atoms. The van der Waals surface area contributed by atoms with Gasteiger partial charge in [-0.2, -0.15) is 5.26 Å². The molecule has 1 aliphatic heterocycles. The van der Waals surface area contributed by atoms with Crippen LogP contribution in [0.4, 0.5) is 0 Å². The highest BCUT2D eigenvalue weighted by molar-refractivity contribution is 6.11. The van der Waals surface area contributed by atoms with Crippen molar-refractivity contribution >= 4 is 7.85 Å².